The molecule has 24 heavy (non-hydrogen) atoms. The molecule has 2 aromatic rings. The zero-order chi connectivity index (χ0) is 17.4. The summed E-state index contributed by atoms with van der Waals surface area (Å²) in [4.78, 5) is 22.7. The number of ether oxygens (including phenoxy) is 1. The number of carboxylic acid groups (broad SMARTS) is 1. The molecule has 0 spiro atoms. The van der Waals surface area contributed by atoms with Crippen LogP contribution >= 0.6 is 0 Å². The number of carbonyl (C=O) groups excluding carboxylic acids is 1. The predicted molar refractivity (Wildman–Crippen MR) is 91.4 cm³/mol. The predicted octanol–water partition coefficient (Wildman–Crippen LogP) is 2.68. The highest BCUT2D eigenvalue weighted by Crippen LogP contribution is 2.12. The van der Waals surface area contributed by atoms with E-state index in [0.29, 0.717) is 26.0 Å². The van der Waals surface area contributed by atoms with E-state index in [1.54, 1.807) is 24.3 Å². The third kappa shape index (κ3) is 5.43. The summed E-state index contributed by atoms with van der Waals surface area (Å²) in [5, 5.41) is 11.7. The quantitative estimate of drug-likeness (QED) is 0.781. The summed E-state index contributed by atoms with van der Waals surface area (Å²) < 4.78 is 5.37. The van der Waals surface area contributed by atoms with Crippen LogP contribution in [0.25, 0.3) is 0 Å². The van der Waals surface area contributed by atoms with E-state index in [4.69, 9.17) is 9.84 Å². The molecule has 2 N–H and O–H groups in total. The SMILES string of the molecule is CCOc1ccc(CC(=O)NCCc2ccc(C(=O)O)cc2)cc1. The average Bonchev–Trinajstić information content (AvgIpc) is 2.57. The largest absolute Gasteiger partial charge is 0.494 e. The topological polar surface area (TPSA) is 75.6 Å². The molecule has 1 amide bonds. The van der Waals surface area contributed by atoms with Crippen molar-refractivity contribution >= 4 is 11.9 Å². The van der Waals surface area contributed by atoms with Gasteiger partial charge in [0, 0.05) is 6.54 Å². The lowest BCUT2D eigenvalue weighted by atomic mass is 10.1. The van der Waals surface area contributed by atoms with Gasteiger partial charge in [0.05, 0.1) is 18.6 Å². The van der Waals surface area contributed by atoms with Gasteiger partial charge in [-0.3, -0.25) is 4.79 Å². The van der Waals surface area contributed by atoms with Crippen LogP contribution in [0.4, 0.5) is 0 Å². The molecule has 0 saturated heterocycles. The molecule has 0 atom stereocenters. The number of hydrogen-bond donors (Lipinski definition) is 2. The highest BCUT2D eigenvalue weighted by Gasteiger charge is 2.05. The Morgan fingerprint density at radius 1 is 1.00 bits per heavy atom. The number of nitrogens with one attached hydrogen (secondary N) is 1. The summed E-state index contributed by atoms with van der Waals surface area (Å²) in [6.45, 7) is 3.06. The van der Waals surface area contributed by atoms with Crippen LogP contribution in [0.5, 0.6) is 5.75 Å². The first-order valence-electron chi connectivity index (χ1n) is 7.89. The van der Waals surface area contributed by atoms with E-state index in [9.17, 15) is 9.59 Å². The minimum atomic E-state index is -0.940. The first-order chi connectivity index (χ1) is 11.6. The summed E-state index contributed by atoms with van der Waals surface area (Å²) in [5.41, 5.74) is 2.18. The monoisotopic (exact) mass is 327 g/mol. The number of aromatic carboxylic acids is 1. The molecule has 0 unspecified atom stereocenters. The van der Waals surface area contributed by atoms with Crippen molar-refractivity contribution in [2.24, 2.45) is 0 Å². The maximum atomic E-state index is 11.9. The van der Waals surface area contributed by atoms with Crippen molar-refractivity contribution in [1.82, 2.24) is 5.32 Å². The van der Waals surface area contributed by atoms with Crippen LogP contribution in [-0.4, -0.2) is 30.1 Å². The van der Waals surface area contributed by atoms with Crippen LogP contribution in [0, 0.1) is 0 Å². The van der Waals surface area contributed by atoms with Crippen molar-refractivity contribution in [1.29, 1.82) is 0 Å². The Bertz CT molecular complexity index is 678. The molecule has 5 heteroatoms. The fourth-order valence-electron chi connectivity index (χ4n) is 2.28. The molecular formula is C19H21NO4. The normalized spacial score (nSPS) is 10.2. The lowest BCUT2D eigenvalue weighted by molar-refractivity contribution is -0.120. The molecular weight excluding hydrogens is 306 g/mol. The maximum Gasteiger partial charge on any atom is 0.335 e. The highest BCUT2D eigenvalue weighted by molar-refractivity contribution is 5.87. The molecule has 0 aliphatic heterocycles. The second-order valence-corrected chi connectivity index (χ2v) is 5.36. The van der Waals surface area contributed by atoms with E-state index in [1.807, 2.05) is 31.2 Å². The van der Waals surface area contributed by atoms with Crippen molar-refractivity contribution in [2.45, 2.75) is 19.8 Å². The molecule has 0 heterocycles. The highest BCUT2D eigenvalue weighted by atomic mass is 16.5. The summed E-state index contributed by atoms with van der Waals surface area (Å²) in [7, 11) is 0. The van der Waals surface area contributed by atoms with Crippen LogP contribution in [0.1, 0.15) is 28.4 Å². The van der Waals surface area contributed by atoms with E-state index in [-0.39, 0.29) is 11.5 Å². The Balaban J connectivity index is 1.75. The van der Waals surface area contributed by atoms with Gasteiger partial charge in [0.1, 0.15) is 5.75 Å². The van der Waals surface area contributed by atoms with Gasteiger partial charge < -0.3 is 15.2 Å². The van der Waals surface area contributed by atoms with Gasteiger partial charge in [-0.25, -0.2) is 4.79 Å². The molecule has 0 radical (unpaired) electrons. The lowest BCUT2D eigenvalue weighted by Gasteiger charge is -2.07. The first kappa shape index (κ1) is 17.5. The molecule has 0 saturated carbocycles. The van der Waals surface area contributed by atoms with E-state index in [2.05, 4.69) is 5.32 Å². The zero-order valence-electron chi connectivity index (χ0n) is 13.6. The fourth-order valence-corrected chi connectivity index (χ4v) is 2.28. The third-order valence-corrected chi connectivity index (χ3v) is 3.54. The van der Waals surface area contributed by atoms with Crippen molar-refractivity contribution < 1.29 is 19.4 Å². The molecule has 0 bridgehead atoms. The zero-order valence-corrected chi connectivity index (χ0v) is 13.6. The number of benzene rings is 2. The number of rotatable bonds is 8. The van der Waals surface area contributed by atoms with Gasteiger partial charge in [-0.05, 0) is 48.7 Å². The lowest BCUT2D eigenvalue weighted by Crippen LogP contribution is -2.27. The Morgan fingerprint density at radius 2 is 1.62 bits per heavy atom. The maximum absolute atomic E-state index is 11.9. The molecule has 2 rings (SSSR count). The van der Waals surface area contributed by atoms with E-state index in [1.165, 1.54) is 0 Å². The van der Waals surface area contributed by atoms with Gasteiger partial charge in [0.15, 0.2) is 0 Å². The Morgan fingerprint density at radius 3 is 2.21 bits per heavy atom. The molecule has 0 aliphatic rings. The summed E-state index contributed by atoms with van der Waals surface area (Å²) >= 11 is 0. The minimum absolute atomic E-state index is 0.0404. The Kier molecular flexibility index (Phi) is 6.37. The Labute approximate surface area is 141 Å². The number of hydrogen-bond acceptors (Lipinski definition) is 3. The number of carbonyl (C=O) groups is 2. The van der Waals surface area contributed by atoms with Crippen molar-refractivity contribution in [2.75, 3.05) is 13.2 Å². The fraction of sp³-hybridized carbons (Fsp3) is 0.263. The van der Waals surface area contributed by atoms with Gasteiger partial charge in [-0.2, -0.15) is 0 Å². The Hall–Kier alpha value is -2.82. The molecule has 2 aromatic carbocycles. The first-order valence-corrected chi connectivity index (χ1v) is 7.89. The molecule has 0 aliphatic carbocycles. The summed E-state index contributed by atoms with van der Waals surface area (Å²) in [6, 6.07) is 14.2. The minimum Gasteiger partial charge on any atom is -0.494 e. The second kappa shape index (κ2) is 8.72. The number of carboxylic acids is 1. The van der Waals surface area contributed by atoms with Gasteiger partial charge in [0.2, 0.25) is 5.91 Å². The average molecular weight is 327 g/mol. The van der Waals surface area contributed by atoms with Gasteiger partial charge >= 0.3 is 5.97 Å². The van der Waals surface area contributed by atoms with Crippen LogP contribution in [0.3, 0.4) is 0 Å². The van der Waals surface area contributed by atoms with Crippen LogP contribution in [0.15, 0.2) is 48.5 Å². The van der Waals surface area contributed by atoms with Crippen molar-refractivity contribution in [3.8, 4) is 5.75 Å². The second-order valence-electron chi connectivity index (χ2n) is 5.36. The molecule has 5 nitrogen and oxygen atoms in total. The van der Waals surface area contributed by atoms with Crippen LogP contribution in [0.2, 0.25) is 0 Å². The van der Waals surface area contributed by atoms with Crippen molar-refractivity contribution in [3.63, 3.8) is 0 Å². The summed E-state index contributed by atoms with van der Waals surface area (Å²) in [5.74, 6) is -0.182. The standard InChI is InChI=1S/C19H21NO4/c1-2-24-17-9-5-15(6-10-17)13-18(21)20-12-11-14-3-7-16(8-4-14)19(22)23/h3-10H,2,11-13H2,1H3,(H,20,21)(H,22,23). The number of amides is 1. The van der Waals surface area contributed by atoms with E-state index in [0.717, 1.165) is 16.9 Å². The van der Waals surface area contributed by atoms with Crippen LogP contribution in [-0.2, 0) is 17.6 Å². The van der Waals surface area contributed by atoms with E-state index < -0.39 is 5.97 Å². The summed E-state index contributed by atoms with van der Waals surface area (Å²) in [6.07, 6.45) is 0.985. The third-order valence-electron chi connectivity index (χ3n) is 3.54. The van der Waals surface area contributed by atoms with E-state index >= 15 is 0 Å². The van der Waals surface area contributed by atoms with Crippen LogP contribution < -0.4 is 10.1 Å². The molecule has 0 aromatic heterocycles. The molecule has 126 valence electrons. The van der Waals surface area contributed by atoms with Crippen molar-refractivity contribution in [3.05, 3.63) is 65.2 Å². The smallest absolute Gasteiger partial charge is 0.335 e. The molecule has 0 fully saturated rings. The van der Waals surface area contributed by atoms with Gasteiger partial charge in [-0.15, -0.1) is 0 Å². The van der Waals surface area contributed by atoms with Gasteiger partial charge in [-0.1, -0.05) is 24.3 Å². The van der Waals surface area contributed by atoms with Gasteiger partial charge in [0.25, 0.3) is 0 Å².